The Labute approximate surface area is 129 Å². The van der Waals surface area contributed by atoms with Crippen molar-refractivity contribution < 1.29 is 14.7 Å². The van der Waals surface area contributed by atoms with E-state index >= 15 is 0 Å². The van der Waals surface area contributed by atoms with Crippen LogP contribution in [-0.4, -0.2) is 43.9 Å². The van der Waals surface area contributed by atoms with Gasteiger partial charge in [0, 0.05) is 12.5 Å². The first-order valence-electron chi connectivity index (χ1n) is 6.70. The number of carbonyl (C=O) groups excluding carboxylic acids is 1. The van der Waals surface area contributed by atoms with Gasteiger partial charge < -0.3 is 10.0 Å². The molecular formula is C14H20ClN3O3. The van der Waals surface area contributed by atoms with Crippen LogP contribution in [0.25, 0.3) is 0 Å². The van der Waals surface area contributed by atoms with Gasteiger partial charge >= 0.3 is 5.97 Å². The van der Waals surface area contributed by atoms with Gasteiger partial charge in [-0.05, 0) is 20.8 Å². The highest BCUT2D eigenvalue weighted by Gasteiger charge is 2.38. The SMILES string of the molecule is CCN(C(=O)c1nc(C(C)C)ncc1Cl)C(C)(C)C(=O)O. The second kappa shape index (κ2) is 6.39. The van der Waals surface area contributed by atoms with Gasteiger partial charge in [0.15, 0.2) is 5.69 Å². The number of likely N-dealkylation sites (N-methyl/N-ethyl adjacent to an activating group) is 1. The summed E-state index contributed by atoms with van der Waals surface area (Å²) in [6.07, 6.45) is 1.37. The Morgan fingerprint density at radius 1 is 1.43 bits per heavy atom. The van der Waals surface area contributed by atoms with Gasteiger partial charge in [0.25, 0.3) is 5.91 Å². The highest BCUT2D eigenvalue weighted by atomic mass is 35.5. The van der Waals surface area contributed by atoms with E-state index in [1.807, 2.05) is 13.8 Å². The van der Waals surface area contributed by atoms with Crippen LogP contribution in [0.15, 0.2) is 6.20 Å². The molecule has 7 heteroatoms. The summed E-state index contributed by atoms with van der Waals surface area (Å²) < 4.78 is 0. The van der Waals surface area contributed by atoms with Crippen LogP contribution in [0.3, 0.4) is 0 Å². The highest BCUT2D eigenvalue weighted by molar-refractivity contribution is 6.33. The normalized spacial score (nSPS) is 11.6. The average Bonchev–Trinajstić information content (AvgIpc) is 2.38. The lowest BCUT2D eigenvalue weighted by Gasteiger charge is -2.34. The molecule has 6 nitrogen and oxygen atoms in total. The summed E-state index contributed by atoms with van der Waals surface area (Å²) in [4.78, 5) is 33.5. The number of aromatic nitrogens is 2. The number of carboxylic acids is 1. The van der Waals surface area contributed by atoms with Gasteiger partial charge in [0.2, 0.25) is 0 Å². The number of halogens is 1. The molecule has 0 aromatic carbocycles. The summed E-state index contributed by atoms with van der Waals surface area (Å²) in [5, 5.41) is 9.41. The van der Waals surface area contributed by atoms with Gasteiger partial charge in [-0.15, -0.1) is 0 Å². The maximum Gasteiger partial charge on any atom is 0.329 e. The van der Waals surface area contributed by atoms with Crippen molar-refractivity contribution in [3.05, 3.63) is 22.7 Å². The highest BCUT2D eigenvalue weighted by Crippen LogP contribution is 2.22. The number of hydrogen-bond acceptors (Lipinski definition) is 4. The largest absolute Gasteiger partial charge is 0.480 e. The Kier molecular flexibility index (Phi) is 5.28. The van der Waals surface area contributed by atoms with Crippen LogP contribution in [0.2, 0.25) is 5.02 Å². The van der Waals surface area contributed by atoms with Gasteiger partial charge in [-0.2, -0.15) is 0 Å². The van der Waals surface area contributed by atoms with Crippen molar-refractivity contribution >= 4 is 23.5 Å². The lowest BCUT2D eigenvalue weighted by atomic mass is 10.0. The van der Waals surface area contributed by atoms with Crippen LogP contribution >= 0.6 is 11.6 Å². The van der Waals surface area contributed by atoms with E-state index in [4.69, 9.17) is 11.6 Å². The minimum atomic E-state index is -1.35. The summed E-state index contributed by atoms with van der Waals surface area (Å²) in [5.74, 6) is -1.07. The molecule has 0 unspecified atom stereocenters. The van der Waals surface area contributed by atoms with Gasteiger partial charge in [-0.25, -0.2) is 14.8 Å². The summed E-state index contributed by atoms with van der Waals surface area (Å²) in [6.45, 7) is 8.67. The molecule has 1 amide bonds. The smallest absolute Gasteiger partial charge is 0.329 e. The molecule has 0 spiro atoms. The van der Waals surface area contributed by atoms with Crippen LogP contribution in [0.1, 0.15) is 56.8 Å². The van der Waals surface area contributed by atoms with Gasteiger partial charge in [-0.3, -0.25) is 4.79 Å². The maximum absolute atomic E-state index is 12.6. The molecule has 0 aliphatic rings. The maximum atomic E-state index is 12.6. The number of amides is 1. The van der Waals surface area contributed by atoms with Crippen LogP contribution in [0.5, 0.6) is 0 Å². The van der Waals surface area contributed by atoms with E-state index in [-0.39, 0.29) is 23.2 Å². The fourth-order valence-electron chi connectivity index (χ4n) is 1.84. The molecule has 1 rings (SSSR count). The van der Waals surface area contributed by atoms with E-state index < -0.39 is 17.4 Å². The van der Waals surface area contributed by atoms with Crippen LogP contribution in [0.4, 0.5) is 0 Å². The molecule has 0 fully saturated rings. The van der Waals surface area contributed by atoms with Crippen molar-refractivity contribution in [1.29, 1.82) is 0 Å². The van der Waals surface area contributed by atoms with E-state index in [1.165, 1.54) is 24.9 Å². The van der Waals surface area contributed by atoms with Crippen molar-refractivity contribution in [3.8, 4) is 0 Å². The molecule has 0 atom stereocenters. The molecule has 116 valence electrons. The molecule has 0 saturated carbocycles. The van der Waals surface area contributed by atoms with E-state index in [9.17, 15) is 14.7 Å². The topological polar surface area (TPSA) is 83.4 Å². The number of rotatable bonds is 5. The average molecular weight is 314 g/mol. The Morgan fingerprint density at radius 3 is 2.43 bits per heavy atom. The second-order valence-corrected chi connectivity index (χ2v) is 5.90. The summed E-state index contributed by atoms with van der Waals surface area (Å²) >= 11 is 6.01. The van der Waals surface area contributed by atoms with Gasteiger partial charge in [0.05, 0.1) is 11.2 Å². The fourth-order valence-corrected chi connectivity index (χ4v) is 2.02. The first-order chi connectivity index (χ1) is 9.62. The first kappa shape index (κ1) is 17.4. The molecule has 0 bridgehead atoms. The summed E-state index contributed by atoms with van der Waals surface area (Å²) in [7, 11) is 0. The third-order valence-electron chi connectivity index (χ3n) is 3.24. The van der Waals surface area contributed by atoms with Crippen molar-refractivity contribution in [3.63, 3.8) is 0 Å². The first-order valence-corrected chi connectivity index (χ1v) is 7.08. The molecule has 1 aromatic heterocycles. The molecule has 1 heterocycles. The lowest BCUT2D eigenvalue weighted by Crippen LogP contribution is -2.53. The Hall–Kier alpha value is -1.69. The van der Waals surface area contributed by atoms with Crippen molar-refractivity contribution in [1.82, 2.24) is 14.9 Å². The van der Waals surface area contributed by atoms with Gasteiger partial charge in [0.1, 0.15) is 11.4 Å². The molecule has 1 N–H and O–H groups in total. The number of hydrogen-bond donors (Lipinski definition) is 1. The van der Waals surface area contributed by atoms with Gasteiger partial charge in [-0.1, -0.05) is 25.4 Å². The zero-order chi connectivity index (χ0) is 16.4. The van der Waals surface area contributed by atoms with Crippen LogP contribution < -0.4 is 0 Å². The van der Waals surface area contributed by atoms with Crippen LogP contribution in [-0.2, 0) is 4.79 Å². The number of carbonyl (C=O) groups is 2. The molecule has 0 saturated heterocycles. The van der Waals surface area contributed by atoms with E-state index in [1.54, 1.807) is 6.92 Å². The molecule has 0 radical (unpaired) electrons. The van der Waals surface area contributed by atoms with Crippen molar-refractivity contribution in [2.24, 2.45) is 0 Å². The molecule has 1 aromatic rings. The van der Waals surface area contributed by atoms with E-state index in [2.05, 4.69) is 9.97 Å². The minimum Gasteiger partial charge on any atom is -0.480 e. The predicted molar refractivity (Wildman–Crippen MR) is 79.6 cm³/mol. The van der Waals surface area contributed by atoms with Crippen LogP contribution in [0, 0.1) is 0 Å². The summed E-state index contributed by atoms with van der Waals surface area (Å²) in [6, 6.07) is 0. The van der Waals surface area contributed by atoms with Crippen molar-refractivity contribution in [2.75, 3.05) is 6.54 Å². The lowest BCUT2D eigenvalue weighted by molar-refractivity contribution is -0.147. The standard InChI is InChI=1S/C14H20ClN3O3/c1-6-18(14(4,5)13(20)21)12(19)10-9(15)7-16-11(17-10)8(2)3/h7-8H,6H2,1-5H3,(H,20,21). The second-order valence-electron chi connectivity index (χ2n) is 5.49. The number of aliphatic carboxylic acids is 1. The molecular weight excluding hydrogens is 294 g/mol. The predicted octanol–water partition coefficient (Wildman–Crippen LogP) is 2.58. The Bertz CT molecular complexity index is 558. The number of nitrogens with zero attached hydrogens (tertiary/aromatic N) is 3. The summed E-state index contributed by atoms with van der Waals surface area (Å²) in [5.41, 5.74) is -1.32. The minimum absolute atomic E-state index is 0.0338. The zero-order valence-corrected chi connectivity index (χ0v) is 13.6. The fraction of sp³-hybridized carbons (Fsp3) is 0.571. The van der Waals surface area contributed by atoms with E-state index in [0.29, 0.717) is 5.82 Å². The monoisotopic (exact) mass is 313 g/mol. The Morgan fingerprint density at radius 2 is 2.00 bits per heavy atom. The molecule has 0 aliphatic heterocycles. The third kappa shape index (κ3) is 3.50. The van der Waals surface area contributed by atoms with E-state index in [0.717, 1.165) is 0 Å². The number of carboxylic acid groups (broad SMARTS) is 1. The molecule has 21 heavy (non-hydrogen) atoms. The quantitative estimate of drug-likeness (QED) is 0.903. The third-order valence-corrected chi connectivity index (χ3v) is 3.52. The zero-order valence-electron chi connectivity index (χ0n) is 12.8. The molecule has 0 aliphatic carbocycles. The van der Waals surface area contributed by atoms with Crippen molar-refractivity contribution in [2.45, 2.75) is 46.1 Å². The Balaban J connectivity index is 3.29.